The van der Waals surface area contributed by atoms with E-state index >= 15 is 0 Å². The van der Waals surface area contributed by atoms with Crippen LogP contribution in [-0.2, 0) is 6.54 Å². The summed E-state index contributed by atoms with van der Waals surface area (Å²) in [7, 11) is 3.15. The highest BCUT2D eigenvalue weighted by Gasteiger charge is 2.27. The van der Waals surface area contributed by atoms with Crippen LogP contribution >= 0.6 is 0 Å². The van der Waals surface area contributed by atoms with Gasteiger partial charge in [0.25, 0.3) is 0 Å². The highest BCUT2D eigenvalue weighted by Crippen LogP contribution is 2.24. The summed E-state index contributed by atoms with van der Waals surface area (Å²) < 4.78 is 41.4. The minimum absolute atomic E-state index is 0.0541. The molecule has 0 radical (unpaired) electrons. The van der Waals surface area contributed by atoms with E-state index < -0.39 is 12.6 Å². The van der Waals surface area contributed by atoms with Crippen molar-refractivity contribution in [2.75, 3.05) is 26.4 Å². The lowest BCUT2D eigenvalue weighted by molar-refractivity contribution is -0.137. The lowest BCUT2D eigenvalue weighted by Gasteiger charge is -2.19. The number of anilines is 1. The van der Waals surface area contributed by atoms with Crippen molar-refractivity contribution in [3.63, 3.8) is 0 Å². The van der Waals surface area contributed by atoms with Crippen molar-refractivity contribution in [2.24, 2.45) is 0 Å². The molecule has 0 saturated carbocycles. The molecule has 0 fully saturated rings. The van der Waals surface area contributed by atoms with Gasteiger partial charge in [0.15, 0.2) is 0 Å². The average molecular weight is 262 g/mol. The molecule has 0 saturated heterocycles. The Morgan fingerprint density at radius 1 is 1.33 bits per heavy atom. The van der Waals surface area contributed by atoms with Crippen LogP contribution in [0.15, 0.2) is 18.2 Å². The highest BCUT2D eigenvalue weighted by atomic mass is 19.4. The second kappa shape index (κ2) is 5.95. The van der Waals surface area contributed by atoms with Crippen molar-refractivity contribution >= 4 is 5.69 Å². The number of hydrogen-bond acceptors (Lipinski definition) is 3. The monoisotopic (exact) mass is 262 g/mol. The van der Waals surface area contributed by atoms with Gasteiger partial charge in [-0.25, -0.2) is 0 Å². The van der Waals surface area contributed by atoms with E-state index in [0.717, 1.165) is 5.56 Å². The molecule has 102 valence electrons. The van der Waals surface area contributed by atoms with Gasteiger partial charge < -0.3 is 15.4 Å². The van der Waals surface area contributed by atoms with Crippen molar-refractivity contribution in [3.05, 3.63) is 23.8 Å². The average Bonchev–Trinajstić information content (AvgIpc) is 2.26. The first-order valence-electron chi connectivity index (χ1n) is 5.49. The van der Waals surface area contributed by atoms with E-state index in [1.165, 1.54) is 7.11 Å². The van der Waals surface area contributed by atoms with Gasteiger partial charge in [0.1, 0.15) is 5.75 Å². The van der Waals surface area contributed by atoms with Crippen LogP contribution in [0.1, 0.15) is 12.0 Å². The fraction of sp³-hybridized carbons (Fsp3) is 0.500. The number of nitrogens with zero attached hydrogens (tertiary/aromatic N) is 1. The second-order valence-electron chi connectivity index (χ2n) is 4.17. The van der Waals surface area contributed by atoms with Crippen molar-refractivity contribution in [3.8, 4) is 5.75 Å². The molecule has 0 aliphatic carbocycles. The third-order valence-corrected chi connectivity index (χ3v) is 2.52. The zero-order chi connectivity index (χ0) is 13.8. The first-order chi connectivity index (χ1) is 8.31. The van der Waals surface area contributed by atoms with E-state index in [1.54, 1.807) is 30.1 Å². The molecule has 0 spiro atoms. The number of methoxy groups -OCH3 is 1. The van der Waals surface area contributed by atoms with E-state index in [9.17, 15) is 13.2 Å². The number of nitrogens with two attached hydrogens (primary N) is 1. The number of nitrogen functional groups attached to an aromatic ring is 1. The maximum atomic E-state index is 12.1. The fourth-order valence-electron chi connectivity index (χ4n) is 1.61. The number of hydrogen-bond donors (Lipinski definition) is 1. The molecule has 1 aromatic rings. The van der Waals surface area contributed by atoms with Crippen molar-refractivity contribution in [2.45, 2.75) is 19.1 Å². The molecule has 1 aromatic carbocycles. The van der Waals surface area contributed by atoms with Crippen LogP contribution in [0.25, 0.3) is 0 Å². The van der Waals surface area contributed by atoms with Crippen molar-refractivity contribution in [1.29, 1.82) is 0 Å². The Labute approximate surface area is 104 Å². The van der Waals surface area contributed by atoms with Gasteiger partial charge in [0.05, 0.1) is 13.5 Å². The zero-order valence-electron chi connectivity index (χ0n) is 10.4. The van der Waals surface area contributed by atoms with Gasteiger partial charge in [-0.3, -0.25) is 0 Å². The number of benzene rings is 1. The molecule has 0 heterocycles. The predicted molar refractivity (Wildman–Crippen MR) is 64.4 cm³/mol. The molecule has 0 unspecified atom stereocenters. The maximum Gasteiger partial charge on any atom is 0.390 e. The van der Waals surface area contributed by atoms with Crippen LogP contribution in [0.2, 0.25) is 0 Å². The van der Waals surface area contributed by atoms with Crippen LogP contribution in [0.5, 0.6) is 5.75 Å². The molecule has 18 heavy (non-hydrogen) atoms. The van der Waals surface area contributed by atoms with E-state index in [-0.39, 0.29) is 6.54 Å². The molecule has 0 bridgehead atoms. The topological polar surface area (TPSA) is 38.5 Å². The maximum absolute atomic E-state index is 12.1. The highest BCUT2D eigenvalue weighted by molar-refractivity contribution is 5.47. The van der Waals surface area contributed by atoms with Crippen LogP contribution in [0.3, 0.4) is 0 Å². The predicted octanol–water partition coefficient (Wildman–Crippen LogP) is 2.66. The third kappa shape index (κ3) is 4.83. The summed E-state index contributed by atoms with van der Waals surface area (Å²) in [6, 6.07) is 5.11. The van der Waals surface area contributed by atoms with E-state index in [1.807, 2.05) is 0 Å². The van der Waals surface area contributed by atoms with E-state index in [2.05, 4.69) is 0 Å². The molecule has 0 amide bonds. The summed E-state index contributed by atoms with van der Waals surface area (Å²) in [5.74, 6) is 0.628. The minimum Gasteiger partial charge on any atom is -0.496 e. The number of halogens is 3. The molecule has 0 atom stereocenters. The zero-order valence-corrected chi connectivity index (χ0v) is 10.4. The molecule has 0 aromatic heterocycles. The Bertz CT molecular complexity index is 393. The Morgan fingerprint density at radius 3 is 2.56 bits per heavy atom. The summed E-state index contributed by atoms with van der Waals surface area (Å²) in [6.07, 6.45) is -4.96. The molecule has 1 rings (SSSR count). The Balaban J connectivity index is 2.63. The second-order valence-corrected chi connectivity index (χ2v) is 4.17. The molecular formula is C12H17F3N2O. The summed E-state index contributed by atoms with van der Waals surface area (Å²) >= 11 is 0. The van der Waals surface area contributed by atoms with Gasteiger partial charge in [0.2, 0.25) is 0 Å². The van der Waals surface area contributed by atoms with Crippen molar-refractivity contribution in [1.82, 2.24) is 4.90 Å². The van der Waals surface area contributed by atoms with Crippen LogP contribution in [-0.4, -0.2) is 31.8 Å². The van der Waals surface area contributed by atoms with E-state index in [4.69, 9.17) is 10.5 Å². The van der Waals surface area contributed by atoms with Gasteiger partial charge in [-0.2, -0.15) is 13.2 Å². The third-order valence-electron chi connectivity index (χ3n) is 2.52. The van der Waals surface area contributed by atoms with E-state index in [0.29, 0.717) is 18.0 Å². The molecule has 0 aliphatic heterocycles. The first kappa shape index (κ1) is 14.6. The van der Waals surface area contributed by atoms with Crippen molar-refractivity contribution < 1.29 is 17.9 Å². The molecular weight excluding hydrogens is 245 g/mol. The van der Waals surface area contributed by atoms with Gasteiger partial charge in [-0.05, 0) is 25.2 Å². The lowest BCUT2D eigenvalue weighted by atomic mass is 10.1. The van der Waals surface area contributed by atoms with Gasteiger partial charge >= 0.3 is 6.18 Å². The minimum atomic E-state index is -4.13. The number of rotatable bonds is 5. The normalized spacial score (nSPS) is 11.9. The SMILES string of the molecule is COc1ccc(N)cc1CN(C)CCC(F)(F)F. The molecule has 0 aliphatic rings. The number of alkyl halides is 3. The fourth-order valence-corrected chi connectivity index (χ4v) is 1.61. The van der Waals surface area contributed by atoms with Gasteiger partial charge in [0, 0.05) is 24.3 Å². The summed E-state index contributed by atoms with van der Waals surface area (Å²) in [4.78, 5) is 1.59. The van der Waals surface area contributed by atoms with Crippen LogP contribution < -0.4 is 10.5 Å². The Morgan fingerprint density at radius 2 is 2.00 bits per heavy atom. The molecule has 2 N–H and O–H groups in total. The number of ether oxygens (including phenoxy) is 1. The standard InChI is InChI=1S/C12H17F3N2O/c1-17(6-5-12(13,14)15)8-9-7-10(16)3-4-11(9)18-2/h3-4,7H,5-6,8,16H2,1-2H3. The smallest absolute Gasteiger partial charge is 0.390 e. The Kier molecular flexibility index (Phi) is 4.84. The Hall–Kier alpha value is -1.43. The van der Waals surface area contributed by atoms with Crippen LogP contribution in [0, 0.1) is 0 Å². The molecule has 3 nitrogen and oxygen atoms in total. The lowest BCUT2D eigenvalue weighted by Crippen LogP contribution is -2.24. The molecule has 6 heteroatoms. The summed E-state index contributed by atoms with van der Waals surface area (Å²) in [6.45, 7) is 0.311. The summed E-state index contributed by atoms with van der Waals surface area (Å²) in [5.41, 5.74) is 6.99. The first-order valence-corrected chi connectivity index (χ1v) is 5.49. The van der Waals surface area contributed by atoms with Gasteiger partial charge in [-0.1, -0.05) is 0 Å². The summed E-state index contributed by atoms with van der Waals surface area (Å²) in [5, 5.41) is 0. The van der Waals surface area contributed by atoms with Crippen LogP contribution in [0.4, 0.5) is 18.9 Å². The van der Waals surface area contributed by atoms with Gasteiger partial charge in [-0.15, -0.1) is 0 Å². The largest absolute Gasteiger partial charge is 0.496 e. The quantitative estimate of drug-likeness (QED) is 0.829.